The Hall–Kier alpha value is -2.74. The van der Waals surface area contributed by atoms with E-state index in [0.717, 1.165) is 27.7 Å². The lowest BCUT2D eigenvalue weighted by atomic mass is 10.1. The van der Waals surface area contributed by atoms with Crippen LogP contribution in [0.5, 0.6) is 11.5 Å². The molecule has 0 radical (unpaired) electrons. The molecular weight excluding hydrogens is 536 g/mol. The Kier molecular flexibility index (Phi) is 7.98. The summed E-state index contributed by atoms with van der Waals surface area (Å²) in [5.41, 5.74) is 3.70. The third-order valence-electron chi connectivity index (χ3n) is 5.14. The van der Waals surface area contributed by atoms with Crippen molar-refractivity contribution in [2.24, 2.45) is 4.99 Å². The zero-order valence-electron chi connectivity index (χ0n) is 18.6. The van der Waals surface area contributed by atoms with E-state index in [-0.39, 0.29) is 5.91 Å². The van der Waals surface area contributed by atoms with Crippen molar-refractivity contribution in [3.8, 4) is 11.5 Å². The smallest absolute Gasteiger partial charge is 0.264 e. The molecule has 0 aliphatic carbocycles. The molecule has 1 N–H and O–H groups in total. The van der Waals surface area contributed by atoms with E-state index in [1.54, 1.807) is 13.2 Å². The molecule has 0 saturated carbocycles. The van der Waals surface area contributed by atoms with Gasteiger partial charge < -0.3 is 14.8 Å². The number of nitrogens with one attached hydrogen (secondary N) is 1. The fourth-order valence-corrected chi connectivity index (χ4v) is 4.71. The van der Waals surface area contributed by atoms with Gasteiger partial charge in [-0.25, -0.2) is 4.99 Å². The number of carbonyl (C=O) groups excluding carboxylic acids is 1. The maximum atomic E-state index is 12.5. The minimum atomic E-state index is -0.196. The highest BCUT2D eigenvalue weighted by atomic mass is 79.9. The quantitative estimate of drug-likeness (QED) is 0.314. The van der Waals surface area contributed by atoms with Crippen molar-refractivity contribution >= 4 is 62.1 Å². The molecule has 0 bridgehead atoms. The second-order valence-corrected chi connectivity index (χ2v) is 9.70. The van der Waals surface area contributed by atoms with E-state index in [4.69, 9.17) is 21.1 Å². The van der Waals surface area contributed by atoms with Crippen LogP contribution >= 0.6 is 39.3 Å². The molecule has 3 aromatic carbocycles. The molecular formula is C26H22BrClN2O3S. The lowest BCUT2D eigenvalue weighted by Gasteiger charge is -2.13. The number of ether oxygens (including phenoxy) is 2. The van der Waals surface area contributed by atoms with Crippen LogP contribution in [0.1, 0.15) is 23.6 Å². The molecule has 3 aromatic rings. The van der Waals surface area contributed by atoms with Crippen LogP contribution in [0.3, 0.4) is 0 Å². The first-order valence-corrected chi connectivity index (χ1v) is 12.6. The number of hydrogen-bond donors (Lipinski definition) is 1. The molecule has 5 nitrogen and oxygen atoms in total. The fraction of sp³-hybridized carbons (Fsp3) is 0.154. The van der Waals surface area contributed by atoms with E-state index in [1.807, 2.05) is 60.7 Å². The number of halogens is 2. The monoisotopic (exact) mass is 556 g/mol. The van der Waals surface area contributed by atoms with Crippen molar-refractivity contribution in [1.29, 1.82) is 0 Å². The summed E-state index contributed by atoms with van der Waals surface area (Å²) >= 11 is 11.1. The zero-order valence-corrected chi connectivity index (χ0v) is 21.8. The van der Waals surface area contributed by atoms with Crippen molar-refractivity contribution < 1.29 is 14.3 Å². The number of rotatable bonds is 7. The average molecular weight is 558 g/mol. The molecule has 174 valence electrons. The Morgan fingerprint density at radius 1 is 1.12 bits per heavy atom. The number of amidine groups is 1. The van der Waals surface area contributed by atoms with Crippen LogP contribution in [-0.2, 0) is 17.8 Å². The Balaban J connectivity index is 1.53. The van der Waals surface area contributed by atoms with Crippen LogP contribution in [-0.4, -0.2) is 18.2 Å². The molecule has 1 amide bonds. The first-order chi connectivity index (χ1) is 16.5. The lowest BCUT2D eigenvalue weighted by molar-refractivity contribution is -0.115. The number of aliphatic imine (C=N–C) groups is 1. The maximum absolute atomic E-state index is 12.5. The summed E-state index contributed by atoms with van der Waals surface area (Å²) in [7, 11) is 1.58. The van der Waals surface area contributed by atoms with Gasteiger partial charge in [-0.1, -0.05) is 64.8 Å². The van der Waals surface area contributed by atoms with Crippen LogP contribution in [0.4, 0.5) is 5.69 Å². The molecule has 1 saturated heterocycles. The lowest BCUT2D eigenvalue weighted by Crippen LogP contribution is -2.19. The van der Waals surface area contributed by atoms with Crippen molar-refractivity contribution in [1.82, 2.24) is 5.32 Å². The molecule has 0 aromatic heterocycles. The molecule has 0 unspecified atom stereocenters. The molecule has 1 heterocycles. The molecule has 1 fully saturated rings. The van der Waals surface area contributed by atoms with E-state index in [9.17, 15) is 4.79 Å². The van der Waals surface area contributed by atoms with Gasteiger partial charge >= 0.3 is 0 Å². The van der Waals surface area contributed by atoms with E-state index in [1.165, 1.54) is 17.3 Å². The number of carbonyl (C=O) groups is 1. The SMILES string of the molecule is CCc1ccc(N=C2NC(=O)/C(=C/c3cc(OC)c(OCc4ccccc4Cl)cc3Br)S2)cc1. The summed E-state index contributed by atoms with van der Waals surface area (Å²) in [5, 5.41) is 4.01. The van der Waals surface area contributed by atoms with Gasteiger partial charge in [-0.15, -0.1) is 0 Å². The van der Waals surface area contributed by atoms with Gasteiger partial charge in [-0.2, -0.15) is 0 Å². The Morgan fingerprint density at radius 3 is 2.59 bits per heavy atom. The van der Waals surface area contributed by atoms with Crippen molar-refractivity contribution in [3.05, 3.63) is 91.8 Å². The van der Waals surface area contributed by atoms with Gasteiger partial charge in [0.05, 0.1) is 17.7 Å². The summed E-state index contributed by atoms with van der Waals surface area (Å²) < 4.78 is 12.3. The Morgan fingerprint density at radius 2 is 1.88 bits per heavy atom. The number of nitrogens with zero attached hydrogens (tertiary/aromatic N) is 1. The highest BCUT2D eigenvalue weighted by Gasteiger charge is 2.24. The molecule has 8 heteroatoms. The van der Waals surface area contributed by atoms with Gasteiger partial charge in [0.2, 0.25) is 0 Å². The van der Waals surface area contributed by atoms with Crippen molar-refractivity contribution in [2.45, 2.75) is 20.0 Å². The van der Waals surface area contributed by atoms with E-state index >= 15 is 0 Å². The van der Waals surface area contributed by atoms with Crippen LogP contribution in [0.15, 0.2) is 75.0 Å². The Labute approximate surface area is 216 Å². The van der Waals surface area contributed by atoms with Crippen LogP contribution < -0.4 is 14.8 Å². The summed E-state index contributed by atoms with van der Waals surface area (Å²) in [4.78, 5) is 17.6. The molecule has 1 aliphatic rings. The topological polar surface area (TPSA) is 59.9 Å². The van der Waals surface area contributed by atoms with Crippen molar-refractivity contribution in [3.63, 3.8) is 0 Å². The third kappa shape index (κ3) is 5.84. The number of amides is 1. The van der Waals surface area contributed by atoms with Crippen molar-refractivity contribution in [2.75, 3.05) is 7.11 Å². The van der Waals surface area contributed by atoms with Gasteiger partial charge in [0, 0.05) is 15.1 Å². The number of benzene rings is 3. The van der Waals surface area contributed by atoms with Gasteiger partial charge in [0.25, 0.3) is 5.91 Å². The Bertz CT molecular complexity index is 1280. The second-order valence-electron chi connectivity index (χ2n) is 7.41. The maximum Gasteiger partial charge on any atom is 0.264 e. The predicted octanol–water partition coefficient (Wildman–Crippen LogP) is 7.14. The van der Waals surface area contributed by atoms with Gasteiger partial charge in [-0.3, -0.25) is 4.79 Å². The standard InChI is InChI=1S/C26H22BrClN2O3S/c1-3-16-8-10-19(11-9-16)29-26-30-25(31)24(34-26)13-18-12-22(32-2)23(14-20(18)27)33-15-17-6-4-5-7-21(17)28/h4-14H,3,15H2,1-2H3,(H,29,30,31)/b24-13-. The molecule has 4 rings (SSSR count). The highest BCUT2D eigenvalue weighted by Crippen LogP contribution is 2.37. The average Bonchev–Trinajstić information content (AvgIpc) is 3.18. The van der Waals surface area contributed by atoms with Gasteiger partial charge in [0.15, 0.2) is 16.7 Å². The van der Waals surface area contributed by atoms with E-state index in [0.29, 0.717) is 33.2 Å². The number of thioether (sulfide) groups is 1. The first kappa shape index (κ1) is 24.4. The first-order valence-electron chi connectivity index (χ1n) is 10.6. The predicted molar refractivity (Wildman–Crippen MR) is 143 cm³/mol. The number of hydrogen-bond acceptors (Lipinski definition) is 5. The van der Waals surface area contributed by atoms with Gasteiger partial charge in [0.1, 0.15) is 6.61 Å². The normalized spacial score (nSPS) is 15.6. The van der Waals surface area contributed by atoms with Crippen LogP contribution in [0.2, 0.25) is 5.02 Å². The minimum absolute atomic E-state index is 0.196. The van der Waals surface area contributed by atoms with Gasteiger partial charge in [-0.05, 0) is 65.7 Å². The largest absolute Gasteiger partial charge is 0.493 e. The van der Waals surface area contributed by atoms with Crippen LogP contribution in [0, 0.1) is 0 Å². The second kappa shape index (κ2) is 11.1. The van der Waals surface area contributed by atoms with Crippen LogP contribution in [0.25, 0.3) is 6.08 Å². The summed E-state index contributed by atoms with van der Waals surface area (Å²) in [5.74, 6) is 0.923. The molecule has 1 aliphatic heterocycles. The molecule has 0 spiro atoms. The van der Waals surface area contributed by atoms with E-state index in [2.05, 4.69) is 33.2 Å². The number of aryl methyl sites for hydroxylation is 1. The zero-order chi connectivity index (χ0) is 24.1. The minimum Gasteiger partial charge on any atom is -0.493 e. The summed E-state index contributed by atoms with van der Waals surface area (Å²) in [6, 6.07) is 19.1. The van der Waals surface area contributed by atoms with E-state index < -0.39 is 0 Å². The fourth-order valence-electron chi connectivity index (χ4n) is 3.25. The summed E-state index contributed by atoms with van der Waals surface area (Å²) in [6.07, 6.45) is 2.77. The molecule has 34 heavy (non-hydrogen) atoms. The number of methoxy groups -OCH3 is 1. The summed E-state index contributed by atoms with van der Waals surface area (Å²) in [6.45, 7) is 2.41. The highest BCUT2D eigenvalue weighted by molar-refractivity contribution is 9.10. The third-order valence-corrected chi connectivity index (χ3v) is 7.10. The molecule has 0 atom stereocenters.